The molecular formula is C16H15BrCl2O. The maximum Gasteiger partial charge on any atom is 0.124 e. The van der Waals surface area contributed by atoms with Crippen LogP contribution in [0.3, 0.4) is 0 Å². The molecule has 1 nitrogen and oxygen atoms in total. The molecule has 0 aliphatic rings. The van der Waals surface area contributed by atoms with E-state index < -0.39 is 0 Å². The van der Waals surface area contributed by atoms with Crippen molar-refractivity contribution in [3.05, 3.63) is 62.1 Å². The molecule has 0 heterocycles. The first-order valence-corrected chi connectivity index (χ1v) is 7.79. The van der Waals surface area contributed by atoms with E-state index in [1.165, 1.54) is 0 Å². The molecular weight excluding hydrogens is 359 g/mol. The highest BCUT2D eigenvalue weighted by Gasteiger charge is 2.19. The molecule has 0 fully saturated rings. The predicted octanol–water partition coefficient (Wildman–Crippen LogP) is 6.06. The Balaban J connectivity index is 2.55. The second-order valence-electron chi connectivity index (χ2n) is 4.66. The first-order chi connectivity index (χ1) is 9.45. The van der Waals surface area contributed by atoms with Crippen LogP contribution in [0.5, 0.6) is 5.75 Å². The number of rotatable bonds is 3. The fourth-order valence-corrected chi connectivity index (χ4v) is 3.06. The zero-order valence-electron chi connectivity index (χ0n) is 11.5. The zero-order chi connectivity index (χ0) is 14.9. The van der Waals surface area contributed by atoms with E-state index in [2.05, 4.69) is 15.9 Å². The Kier molecular flexibility index (Phi) is 5.00. The molecule has 0 aliphatic carbocycles. The first-order valence-electron chi connectivity index (χ1n) is 6.18. The van der Waals surface area contributed by atoms with E-state index >= 15 is 0 Å². The van der Waals surface area contributed by atoms with E-state index in [-0.39, 0.29) is 5.38 Å². The molecule has 0 saturated carbocycles. The molecule has 2 aromatic rings. The minimum atomic E-state index is -0.305. The van der Waals surface area contributed by atoms with Crippen LogP contribution >= 0.6 is 39.1 Å². The average Bonchev–Trinajstić information content (AvgIpc) is 2.43. The van der Waals surface area contributed by atoms with Crippen LogP contribution in [0, 0.1) is 13.8 Å². The Labute approximate surface area is 138 Å². The predicted molar refractivity (Wildman–Crippen MR) is 89.3 cm³/mol. The van der Waals surface area contributed by atoms with Gasteiger partial charge in [-0.15, -0.1) is 11.6 Å². The SMILES string of the molecule is COc1cc(C)c(Br)cc1C(Cl)c1cccc(Cl)c1C. The van der Waals surface area contributed by atoms with Crippen LogP contribution in [0.15, 0.2) is 34.8 Å². The Bertz CT molecular complexity index is 641. The minimum absolute atomic E-state index is 0.305. The second-order valence-corrected chi connectivity index (χ2v) is 6.36. The van der Waals surface area contributed by atoms with Gasteiger partial charge in [0.2, 0.25) is 0 Å². The van der Waals surface area contributed by atoms with Crippen molar-refractivity contribution in [2.75, 3.05) is 7.11 Å². The van der Waals surface area contributed by atoms with E-state index in [1.54, 1.807) is 7.11 Å². The molecule has 1 unspecified atom stereocenters. The third-order valence-corrected chi connectivity index (χ3v) is 5.10. The van der Waals surface area contributed by atoms with Crippen LogP contribution in [-0.2, 0) is 0 Å². The molecule has 0 spiro atoms. The van der Waals surface area contributed by atoms with Gasteiger partial charge >= 0.3 is 0 Å². The van der Waals surface area contributed by atoms with Crippen molar-refractivity contribution >= 4 is 39.1 Å². The van der Waals surface area contributed by atoms with E-state index in [9.17, 15) is 0 Å². The monoisotopic (exact) mass is 372 g/mol. The largest absolute Gasteiger partial charge is 0.496 e. The number of methoxy groups -OCH3 is 1. The fourth-order valence-electron chi connectivity index (χ4n) is 2.11. The smallest absolute Gasteiger partial charge is 0.124 e. The Morgan fingerprint density at radius 2 is 1.85 bits per heavy atom. The van der Waals surface area contributed by atoms with Crippen molar-refractivity contribution in [1.29, 1.82) is 0 Å². The molecule has 4 heteroatoms. The van der Waals surface area contributed by atoms with Gasteiger partial charge in [0.05, 0.1) is 12.5 Å². The molecule has 2 rings (SSSR count). The van der Waals surface area contributed by atoms with Crippen LogP contribution in [0.4, 0.5) is 0 Å². The lowest BCUT2D eigenvalue weighted by Crippen LogP contribution is -2.01. The highest BCUT2D eigenvalue weighted by molar-refractivity contribution is 9.10. The van der Waals surface area contributed by atoms with Crippen molar-refractivity contribution in [3.63, 3.8) is 0 Å². The van der Waals surface area contributed by atoms with Gasteiger partial charge < -0.3 is 4.74 Å². The molecule has 2 aromatic carbocycles. The fraction of sp³-hybridized carbons (Fsp3) is 0.250. The van der Waals surface area contributed by atoms with Crippen LogP contribution in [-0.4, -0.2) is 7.11 Å². The summed E-state index contributed by atoms with van der Waals surface area (Å²) in [6.07, 6.45) is 0. The number of hydrogen-bond donors (Lipinski definition) is 0. The van der Waals surface area contributed by atoms with Gasteiger partial charge in [-0.1, -0.05) is 39.7 Å². The lowest BCUT2D eigenvalue weighted by molar-refractivity contribution is 0.409. The molecule has 0 aromatic heterocycles. The molecule has 1 atom stereocenters. The quantitative estimate of drug-likeness (QED) is 0.594. The lowest BCUT2D eigenvalue weighted by atomic mass is 9.98. The molecule has 0 bridgehead atoms. The topological polar surface area (TPSA) is 9.23 Å². The zero-order valence-corrected chi connectivity index (χ0v) is 14.6. The van der Waals surface area contributed by atoms with Crippen molar-refractivity contribution in [2.24, 2.45) is 0 Å². The van der Waals surface area contributed by atoms with E-state index in [1.807, 2.05) is 44.2 Å². The van der Waals surface area contributed by atoms with Gasteiger partial charge in [0.1, 0.15) is 5.75 Å². The number of benzene rings is 2. The Morgan fingerprint density at radius 1 is 1.15 bits per heavy atom. The summed E-state index contributed by atoms with van der Waals surface area (Å²) < 4.78 is 6.47. The number of alkyl halides is 1. The summed E-state index contributed by atoms with van der Waals surface area (Å²) in [5.41, 5.74) is 4.02. The highest BCUT2D eigenvalue weighted by Crippen LogP contribution is 2.40. The van der Waals surface area contributed by atoms with Crippen LogP contribution in [0.2, 0.25) is 5.02 Å². The summed E-state index contributed by atoms with van der Waals surface area (Å²) >= 11 is 16.4. The summed E-state index contributed by atoms with van der Waals surface area (Å²) in [6, 6.07) is 9.76. The summed E-state index contributed by atoms with van der Waals surface area (Å²) in [7, 11) is 1.65. The van der Waals surface area contributed by atoms with Crippen molar-refractivity contribution in [3.8, 4) is 5.75 Å². The first kappa shape index (κ1) is 15.7. The summed E-state index contributed by atoms with van der Waals surface area (Å²) in [6.45, 7) is 3.99. The van der Waals surface area contributed by atoms with E-state index in [0.717, 1.165) is 37.5 Å². The molecule has 0 amide bonds. The van der Waals surface area contributed by atoms with Crippen molar-refractivity contribution < 1.29 is 4.74 Å². The van der Waals surface area contributed by atoms with Gasteiger partial charge in [-0.05, 0) is 48.7 Å². The van der Waals surface area contributed by atoms with Gasteiger partial charge in [0, 0.05) is 15.1 Å². The Hall–Kier alpha value is -0.700. The van der Waals surface area contributed by atoms with Gasteiger partial charge in [-0.25, -0.2) is 0 Å². The average molecular weight is 374 g/mol. The van der Waals surface area contributed by atoms with Crippen LogP contribution in [0.1, 0.15) is 27.6 Å². The van der Waals surface area contributed by atoms with Crippen LogP contribution in [0.25, 0.3) is 0 Å². The number of aryl methyl sites for hydroxylation is 1. The number of halogens is 3. The van der Waals surface area contributed by atoms with Gasteiger partial charge in [-0.2, -0.15) is 0 Å². The minimum Gasteiger partial charge on any atom is -0.496 e. The summed E-state index contributed by atoms with van der Waals surface area (Å²) in [5, 5.41) is 0.416. The number of hydrogen-bond acceptors (Lipinski definition) is 1. The van der Waals surface area contributed by atoms with Gasteiger partial charge in [0.15, 0.2) is 0 Å². The van der Waals surface area contributed by atoms with Crippen molar-refractivity contribution in [2.45, 2.75) is 19.2 Å². The maximum absolute atomic E-state index is 6.66. The molecule has 0 aliphatic heterocycles. The van der Waals surface area contributed by atoms with Gasteiger partial charge in [-0.3, -0.25) is 0 Å². The molecule has 106 valence electrons. The molecule has 20 heavy (non-hydrogen) atoms. The summed E-state index contributed by atoms with van der Waals surface area (Å²) in [4.78, 5) is 0. The third-order valence-electron chi connectivity index (χ3n) is 3.37. The van der Waals surface area contributed by atoms with E-state index in [4.69, 9.17) is 27.9 Å². The normalized spacial score (nSPS) is 12.3. The lowest BCUT2D eigenvalue weighted by Gasteiger charge is -2.18. The van der Waals surface area contributed by atoms with Crippen LogP contribution < -0.4 is 4.74 Å². The molecule has 0 N–H and O–H groups in total. The molecule has 0 radical (unpaired) electrons. The second kappa shape index (κ2) is 6.38. The highest BCUT2D eigenvalue weighted by atomic mass is 79.9. The van der Waals surface area contributed by atoms with Gasteiger partial charge in [0.25, 0.3) is 0 Å². The standard InChI is InChI=1S/C16H15BrCl2O/c1-9-7-15(20-3)12(8-13(9)17)16(19)11-5-4-6-14(18)10(11)2/h4-8,16H,1-3H3. The summed E-state index contributed by atoms with van der Waals surface area (Å²) in [5.74, 6) is 0.782. The maximum atomic E-state index is 6.66. The van der Waals surface area contributed by atoms with Crippen molar-refractivity contribution in [1.82, 2.24) is 0 Å². The Morgan fingerprint density at radius 3 is 2.50 bits per heavy atom. The molecule has 0 saturated heterocycles. The number of ether oxygens (including phenoxy) is 1. The van der Waals surface area contributed by atoms with E-state index in [0.29, 0.717) is 0 Å². The third kappa shape index (κ3) is 2.98.